The number of piperazine rings is 1. The summed E-state index contributed by atoms with van der Waals surface area (Å²) in [6.45, 7) is 8.00. The number of aromatic nitrogens is 1. The third-order valence-corrected chi connectivity index (χ3v) is 8.17. The summed E-state index contributed by atoms with van der Waals surface area (Å²) in [5, 5.41) is 17.9. The summed E-state index contributed by atoms with van der Waals surface area (Å²) in [6, 6.07) is 5.37. The number of carboxylic acid groups (broad SMARTS) is 1. The standard InChI is InChI=1S/C24H28F3N3O5S/c1-4-22(36(34,35)19-7-8-20(31)17(11-19)5-10-23(32)33)30-15(2)13-29(14-16(30)3)21-9-6-18(12-28-21)24(25,26)27/h4,6-9,11-12,15-16,22,31H,1,5,10,13-14H2,2-3H3,(H,32,33). The van der Waals surface area contributed by atoms with E-state index < -0.39 is 32.9 Å². The van der Waals surface area contributed by atoms with Crippen LogP contribution in [-0.4, -0.2) is 65.0 Å². The van der Waals surface area contributed by atoms with Crippen LogP contribution in [0.1, 0.15) is 31.4 Å². The molecule has 3 atom stereocenters. The molecule has 0 spiro atoms. The summed E-state index contributed by atoms with van der Waals surface area (Å²) in [5.74, 6) is -0.902. The lowest BCUT2D eigenvalue weighted by atomic mass is 10.1. The highest BCUT2D eigenvalue weighted by Gasteiger charge is 2.40. The molecular formula is C24H28F3N3O5S. The van der Waals surface area contributed by atoms with Crippen molar-refractivity contribution in [2.24, 2.45) is 0 Å². The maximum absolute atomic E-state index is 13.6. The van der Waals surface area contributed by atoms with Gasteiger partial charge in [-0.1, -0.05) is 6.08 Å². The van der Waals surface area contributed by atoms with Gasteiger partial charge in [0.25, 0.3) is 0 Å². The molecule has 3 unspecified atom stereocenters. The third kappa shape index (κ3) is 5.81. The Bertz CT molecular complexity index is 1210. The van der Waals surface area contributed by atoms with Crippen LogP contribution >= 0.6 is 0 Å². The number of benzene rings is 1. The van der Waals surface area contributed by atoms with Crippen LogP contribution in [-0.2, 0) is 27.2 Å². The average Bonchev–Trinajstić information content (AvgIpc) is 2.79. The van der Waals surface area contributed by atoms with Crippen molar-refractivity contribution in [2.45, 2.75) is 55.2 Å². The van der Waals surface area contributed by atoms with E-state index in [2.05, 4.69) is 11.6 Å². The van der Waals surface area contributed by atoms with Crippen molar-refractivity contribution in [1.29, 1.82) is 0 Å². The molecule has 2 aromatic rings. The van der Waals surface area contributed by atoms with Crippen molar-refractivity contribution in [3.8, 4) is 5.75 Å². The van der Waals surface area contributed by atoms with Crippen LogP contribution in [0.5, 0.6) is 5.75 Å². The van der Waals surface area contributed by atoms with E-state index in [0.717, 1.165) is 12.3 Å². The molecule has 1 fully saturated rings. The fourth-order valence-electron chi connectivity index (χ4n) is 4.49. The normalized spacial score (nSPS) is 20.2. The lowest BCUT2D eigenvalue weighted by Crippen LogP contribution is -2.61. The van der Waals surface area contributed by atoms with Gasteiger partial charge in [0.2, 0.25) is 0 Å². The van der Waals surface area contributed by atoms with E-state index in [4.69, 9.17) is 5.11 Å². The summed E-state index contributed by atoms with van der Waals surface area (Å²) in [7, 11) is -4.01. The van der Waals surface area contributed by atoms with Crippen LogP contribution in [0.15, 0.2) is 54.1 Å². The second-order valence-electron chi connectivity index (χ2n) is 8.81. The fourth-order valence-corrected chi connectivity index (χ4v) is 6.33. The van der Waals surface area contributed by atoms with Gasteiger partial charge < -0.3 is 15.1 Å². The van der Waals surface area contributed by atoms with E-state index in [0.29, 0.717) is 18.9 Å². The molecule has 36 heavy (non-hydrogen) atoms. The Morgan fingerprint density at radius 1 is 1.22 bits per heavy atom. The van der Waals surface area contributed by atoms with E-state index in [-0.39, 0.29) is 41.1 Å². The number of aliphatic carboxylic acids is 1. The van der Waals surface area contributed by atoms with Crippen molar-refractivity contribution in [3.05, 3.63) is 60.3 Å². The van der Waals surface area contributed by atoms with Gasteiger partial charge in [0, 0.05) is 37.8 Å². The number of hydrogen-bond donors (Lipinski definition) is 2. The second kappa shape index (κ2) is 10.5. The zero-order chi connectivity index (χ0) is 26.8. The molecule has 196 valence electrons. The number of hydrogen-bond acceptors (Lipinski definition) is 7. The van der Waals surface area contributed by atoms with Gasteiger partial charge in [0.15, 0.2) is 9.84 Å². The molecule has 1 aliphatic heterocycles. The first-order valence-electron chi connectivity index (χ1n) is 11.2. The minimum atomic E-state index is -4.49. The Balaban J connectivity index is 1.84. The number of pyridine rings is 1. The highest BCUT2D eigenvalue weighted by molar-refractivity contribution is 7.92. The number of rotatable bonds is 8. The minimum absolute atomic E-state index is 0.0328. The van der Waals surface area contributed by atoms with Crippen molar-refractivity contribution >= 4 is 21.6 Å². The molecule has 0 aliphatic carbocycles. The molecule has 0 saturated carbocycles. The Morgan fingerprint density at radius 3 is 2.36 bits per heavy atom. The lowest BCUT2D eigenvalue weighted by molar-refractivity contribution is -0.138. The third-order valence-electron chi connectivity index (χ3n) is 6.19. The Kier molecular flexibility index (Phi) is 7.99. The van der Waals surface area contributed by atoms with Gasteiger partial charge in [-0.2, -0.15) is 13.2 Å². The largest absolute Gasteiger partial charge is 0.508 e. The van der Waals surface area contributed by atoms with Gasteiger partial charge in [0.05, 0.1) is 10.5 Å². The van der Waals surface area contributed by atoms with Gasteiger partial charge in [-0.25, -0.2) is 13.4 Å². The summed E-state index contributed by atoms with van der Waals surface area (Å²) in [5.41, 5.74) is -0.638. The molecule has 8 nitrogen and oxygen atoms in total. The van der Waals surface area contributed by atoms with Crippen LogP contribution in [0.25, 0.3) is 0 Å². The number of phenolic OH excluding ortho intramolecular Hbond substituents is 1. The molecule has 12 heteroatoms. The van der Waals surface area contributed by atoms with Gasteiger partial charge in [0.1, 0.15) is 16.9 Å². The number of alkyl halides is 3. The van der Waals surface area contributed by atoms with Crippen molar-refractivity contribution in [2.75, 3.05) is 18.0 Å². The summed E-state index contributed by atoms with van der Waals surface area (Å²) >= 11 is 0. The molecule has 0 radical (unpaired) electrons. The number of nitrogens with zero attached hydrogens (tertiary/aromatic N) is 3. The Hall–Kier alpha value is -3.12. The number of anilines is 1. The van der Waals surface area contributed by atoms with Crippen molar-refractivity contribution in [3.63, 3.8) is 0 Å². The number of carbonyl (C=O) groups is 1. The van der Waals surface area contributed by atoms with Gasteiger partial charge in [-0.3, -0.25) is 9.69 Å². The Labute approximate surface area is 207 Å². The first-order chi connectivity index (χ1) is 16.8. The van der Waals surface area contributed by atoms with Gasteiger partial charge >= 0.3 is 12.1 Å². The summed E-state index contributed by atoms with van der Waals surface area (Å²) in [6.07, 6.45) is -2.69. The minimum Gasteiger partial charge on any atom is -0.508 e. The smallest absolute Gasteiger partial charge is 0.417 e. The van der Waals surface area contributed by atoms with Crippen molar-refractivity contribution < 1.29 is 36.6 Å². The number of carboxylic acids is 1. The monoisotopic (exact) mass is 527 g/mol. The Morgan fingerprint density at radius 2 is 1.86 bits per heavy atom. The fraction of sp³-hybridized carbons (Fsp3) is 0.417. The molecule has 2 N–H and O–H groups in total. The highest BCUT2D eigenvalue weighted by Crippen LogP contribution is 2.32. The van der Waals surface area contributed by atoms with Crippen molar-refractivity contribution in [1.82, 2.24) is 9.88 Å². The van der Waals surface area contributed by atoms with Crippen LogP contribution in [0, 0.1) is 0 Å². The molecule has 1 aromatic carbocycles. The summed E-state index contributed by atoms with van der Waals surface area (Å²) < 4.78 is 65.8. The quantitative estimate of drug-likeness (QED) is 0.500. The molecule has 1 saturated heterocycles. The van der Waals surface area contributed by atoms with E-state index in [1.54, 1.807) is 4.90 Å². The maximum Gasteiger partial charge on any atom is 0.417 e. The number of aromatic hydroxyl groups is 1. The SMILES string of the molecule is C=CC(N1C(C)CN(c2ccc(C(F)(F)F)cn2)CC1C)S(=O)(=O)c1ccc(O)c(CCC(=O)O)c1. The van der Waals surface area contributed by atoms with Crippen LogP contribution < -0.4 is 4.90 Å². The van der Waals surface area contributed by atoms with Gasteiger partial charge in [-0.05, 0) is 56.2 Å². The van der Waals surface area contributed by atoms with E-state index in [1.807, 2.05) is 18.7 Å². The van der Waals surface area contributed by atoms with E-state index >= 15 is 0 Å². The molecule has 2 heterocycles. The molecular weight excluding hydrogens is 499 g/mol. The number of aryl methyl sites for hydroxylation is 1. The lowest BCUT2D eigenvalue weighted by Gasteiger charge is -2.47. The number of sulfone groups is 1. The van der Waals surface area contributed by atoms with Gasteiger partial charge in [-0.15, -0.1) is 6.58 Å². The molecule has 1 aromatic heterocycles. The zero-order valence-corrected chi connectivity index (χ0v) is 20.6. The molecule has 1 aliphatic rings. The topological polar surface area (TPSA) is 111 Å². The van der Waals surface area contributed by atoms with Crippen LogP contribution in [0.3, 0.4) is 0 Å². The molecule has 3 rings (SSSR count). The molecule has 0 amide bonds. The summed E-state index contributed by atoms with van der Waals surface area (Å²) in [4.78, 5) is 18.4. The van der Waals surface area contributed by atoms with Crippen LogP contribution in [0.4, 0.5) is 19.0 Å². The predicted octanol–water partition coefficient (Wildman–Crippen LogP) is 3.71. The predicted molar refractivity (Wildman–Crippen MR) is 127 cm³/mol. The average molecular weight is 528 g/mol. The number of phenols is 1. The molecule has 0 bridgehead atoms. The first-order valence-corrected chi connectivity index (χ1v) is 12.8. The van der Waals surface area contributed by atoms with Crippen LogP contribution in [0.2, 0.25) is 0 Å². The zero-order valence-electron chi connectivity index (χ0n) is 19.8. The second-order valence-corrected chi connectivity index (χ2v) is 10.9. The first kappa shape index (κ1) is 27.5. The van der Waals surface area contributed by atoms with E-state index in [9.17, 15) is 31.5 Å². The maximum atomic E-state index is 13.6. The van der Waals surface area contributed by atoms with E-state index in [1.165, 1.54) is 30.3 Å². The number of halogens is 3. The highest BCUT2D eigenvalue weighted by atomic mass is 32.2.